The summed E-state index contributed by atoms with van der Waals surface area (Å²) in [4.78, 5) is 46.2. The Hall–Kier alpha value is -1.96. The summed E-state index contributed by atoms with van der Waals surface area (Å²) in [6, 6.07) is 4.11. The number of carboxylic acid groups (broad SMARTS) is 4. The maximum absolute atomic E-state index is 11.9. The molecule has 26 heavy (non-hydrogen) atoms. The van der Waals surface area contributed by atoms with Crippen molar-refractivity contribution in [2.45, 2.75) is 3.92 Å². The van der Waals surface area contributed by atoms with Gasteiger partial charge in [0, 0.05) is 3.57 Å². The van der Waals surface area contributed by atoms with Crippen molar-refractivity contribution >= 4 is 74.6 Å². The van der Waals surface area contributed by atoms with Gasteiger partial charge in [0.25, 0.3) is 0 Å². The van der Waals surface area contributed by atoms with Crippen LogP contribution < -0.4 is 0 Å². The average molecular weight is 584 g/mol. The van der Waals surface area contributed by atoms with Crippen LogP contribution in [0.3, 0.4) is 0 Å². The molecule has 8 nitrogen and oxygen atoms in total. The van der Waals surface area contributed by atoms with Crippen LogP contribution in [0.5, 0.6) is 0 Å². The highest BCUT2D eigenvalue weighted by atomic mass is 127. The summed E-state index contributed by atoms with van der Waals surface area (Å²) >= 11 is 3.46. The molecule has 0 saturated heterocycles. The molecule has 1 aliphatic carbocycles. The van der Waals surface area contributed by atoms with Gasteiger partial charge in [-0.25, -0.2) is 9.59 Å². The molecule has 0 spiro atoms. The highest BCUT2D eigenvalue weighted by Gasteiger charge is 2.59. The summed E-state index contributed by atoms with van der Waals surface area (Å²) in [7, 11) is 0. The van der Waals surface area contributed by atoms with Gasteiger partial charge in [0.1, 0.15) is 0 Å². The molecule has 0 amide bonds. The minimum absolute atomic E-state index is 0.0177. The Balaban J connectivity index is 2.73. The molecule has 0 aromatic heterocycles. The first kappa shape index (κ1) is 20.4. The average Bonchev–Trinajstić information content (AvgIpc) is 2.53. The lowest BCUT2D eigenvalue weighted by Crippen LogP contribution is -2.51. The Morgan fingerprint density at radius 1 is 0.923 bits per heavy atom. The number of alkyl halides is 1. The van der Waals surface area contributed by atoms with Crippen molar-refractivity contribution in [2.75, 3.05) is 0 Å². The number of rotatable bonds is 5. The van der Waals surface area contributed by atoms with Gasteiger partial charge < -0.3 is 20.4 Å². The third-order valence-corrected chi connectivity index (χ3v) is 6.44. The normalized spacial score (nSPS) is 18.5. The first-order valence-electron chi connectivity index (χ1n) is 6.84. The van der Waals surface area contributed by atoms with Crippen LogP contribution in [0.25, 0.3) is 5.57 Å². The van der Waals surface area contributed by atoms with E-state index in [4.69, 9.17) is 5.11 Å². The Bertz CT molecular complexity index is 886. The van der Waals surface area contributed by atoms with Crippen LogP contribution in [0, 0.1) is 8.99 Å². The first-order valence-corrected chi connectivity index (χ1v) is 9.17. The summed E-state index contributed by atoms with van der Waals surface area (Å²) in [5.74, 6) is -6.36. The van der Waals surface area contributed by atoms with Crippen LogP contribution in [0.2, 0.25) is 0 Å². The van der Waals surface area contributed by atoms with Gasteiger partial charge in [-0.15, -0.1) is 0 Å². The van der Waals surface area contributed by atoms with E-state index in [1.807, 2.05) is 22.6 Å². The zero-order chi connectivity index (χ0) is 19.8. The van der Waals surface area contributed by atoms with E-state index >= 15 is 0 Å². The van der Waals surface area contributed by atoms with Gasteiger partial charge in [-0.2, -0.15) is 0 Å². The molecule has 0 aliphatic heterocycles. The molecule has 2 rings (SSSR count). The van der Waals surface area contributed by atoms with Gasteiger partial charge >= 0.3 is 23.9 Å². The van der Waals surface area contributed by atoms with Crippen LogP contribution in [-0.2, 0) is 14.4 Å². The number of carbonyl (C=O) groups is 4. The zero-order valence-electron chi connectivity index (χ0n) is 12.6. The lowest BCUT2D eigenvalue weighted by Gasteiger charge is -2.34. The summed E-state index contributed by atoms with van der Waals surface area (Å²) in [5.41, 5.74) is -2.70. The molecule has 0 bridgehead atoms. The third kappa shape index (κ3) is 3.11. The predicted octanol–water partition coefficient (Wildman–Crippen LogP) is 2.36. The van der Waals surface area contributed by atoms with Crippen LogP contribution in [0.15, 0.2) is 35.9 Å². The van der Waals surface area contributed by atoms with E-state index in [9.17, 15) is 34.5 Å². The van der Waals surface area contributed by atoms with Crippen LogP contribution >= 0.6 is 45.2 Å². The minimum Gasteiger partial charge on any atom is -0.480 e. The topological polar surface area (TPSA) is 149 Å². The first-order chi connectivity index (χ1) is 12.0. The fraction of sp³-hybridized carbons (Fsp3) is 0.125. The van der Waals surface area contributed by atoms with Crippen molar-refractivity contribution in [2.24, 2.45) is 5.41 Å². The van der Waals surface area contributed by atoms with Gasteiger partial charge in [-0.1, -0.05) is 34.7 Å². The van der Waals surface area contributed by atoms with Gasteiger partial charge in [-0.05, 0) is 51.9 Å². The smallest absolute Gasteiger partial charge is 0.335 e. The molecule has 1 aliphatic rings. The van der Waals surface area contributed by atoms with Gasteiger partial charge in [-0.3, -0.25) is 9.59 Å². The van der Waals surface area contributed by atoms with Crippen molar-refractivity contribution in [3.63, 3.8) is 0 Å². The van der Waals surface area contributed by atoms with Crippen molar-refractivity contribution in [3.05, 3.63) is 50.6 Å². The minimum atomic E-state index is -2.68. The largest absolute Gasteiger partial charge is 0.480 e. The van der Waals surface area contributed by atoms with E-state index in [0.29, 0.717) is 9.13 Å². The van der Waals surface area contributed by atoms with Crippen LogP contribution in [0.1, 0.15) is 15.9 Å². The van der Waals surface area contributed by atoms with Crippen molar-refractivity contribution in [1.29, 1.82) is 0 Å². The predicted molar refractivity (Wildman–Crippen MR) is 105 cm³/mol. The van der Waals surface area contributed by atoms with E-state index in [1.54, 1.807) is 22.6 Å². The van der Waals surface area contributed by atoms with Crippen molar-refractivity contribution in [3.8, 4) is 0 Å². The van der Waals surface area contributed by atoms with Gasteiger partial charge in [0.2, 0.25) is 5.41 Å². The van der Waals surface area contributed by atoms with E-state index < -0.39 is 38.8 Å². The molecule has 4 N–H and O–H groups in total. The van der Waals surface area contributed by atoms with Gasteiger partial charge in [0.05, 0.1) is 15.1 Å². The van der Waals surface area contributed by atoms with Crippen LogP contribution in [0.4, 0.5) is 0 Å². The van der Waals surface area contributed by atoms with Crippen LogP contribution in [-0.4, -0.2) is 48.2 Å². The molecule has 1 aromatic carbocycles. The summed E-state index contributed by atoms with van der Waals surface area (Å²) in [5, 5.41) is 37.5. The Labute approximate surface area is 173 Å². The SMILES string of the molecule is O=C(O)C1=CC=C(c2ccc(C(=O)O)cc2I)C(I)C1(C(=O)O)C(=O)O. The number of aromatic carboxylic acids is 1. The molecule has 1 unspecified atom stereocenters. The Morgan fingerprint density at radius 2 is 1.50 bits per heavy atom. The number of allylic oxidation sites excluding steroid dienone is 3. The van der Waals surface area contributed by atoms with Crippen molar-refractivity contribution < 1.29 is 39.6 Å². The second-order valence-electron chi connectivity index (χ2n) is 5.29. The molecule has 1 aromatic rings. The summed E-state index contributed by atoms with van der Waals surface area (Å²) < 4.78 is -0.775. The molecular weight excluding hydrogens is 574 g/mol. The zero-order valence-corrected chi connectivity index (χ0v) is 17.0. The summed E-state index contributed by atoms with van der Waals surface area (Å²) in [6.07, 6.45) is 2.32. The number of aliphatic carboxylic acids is 3. The second-order valence-corrected chi connectivity index (χ2v) is 7.70. The van der Waals surface area contributed by atoms with Crippen molar-refractivity contribution in [1.82, 2.24) is 0 Å². The van der Waals surface area contributed by atoms with E-state index in [-0.39, 0.29) is 11.1 Å². The summed E-state index contributed by atoms with van der Waals surface area (Å²) in [6.45, 7) is 0. The Kier molecular flexibility index (Phi) is 5.75. The number of halogens is 2. The molecule has 10 heteroatoms. The molecule has 136 valence electrons. The number of hydrogen-bond acceptors (Lipinski definition) is 4. The third-order valence-electron chi connectivity index (χ3n) is 3.94. The van der Waals surface area contributed by atoms with E-state index in [0.717, 1.165) is 6.08 Å². The molecule has 0 heterocycles. The Morgan fingerprint density at radius 3 is 1.92 bits per heavy atom. The quantitative estimate of drug-likeness (QED) is 0.234. The maximum atomic E-state index is 11.9. The second kappa shape index (κ2) is 7.34. The lowest BCUT2D eigenvalue weighted by atomic mass is 9.70. The van der Waals surface area contributed by atoms with E-state index in [1.165, 1.54) is 24.3 Å². The fourth-order valence-electron chi connectivity index (χ4n) is 2.65. The molecule has 1 atom stereocenters. The molecule has 0 radical (unpaired) electrons. The maximum Gasteiger partial charge on any atom is 0.335 e. The monoisotopic (exact) mass is 584 g/mol. The highest BCUT2D eigenvalue weighted by Crippen LogP contribution is 2.47. The molecular formula is C16H10I2O8. The molecule has 0 fully saturated rings. The van der Waals surface area contributed by atoms with E-state index in [2.05, 4.69) is 0 Å². The number of hydrogen-bond donors (Lipinski definition) is 4. The number of benzene rings is 1. The lowest BCUT2D eigenvalue weighted by molar-refractivity contribution is -0.163. The van der Waals surface area contributed by atoms with Gasteiger partial charge in [0.15, 0.2) is 0 Å². The fourth-order valence-corrected chi connectivity index (χ4v) is 4.88. The highest BCUT2D eigenvalue weighted by molar-refractivity contribution is 14.1. The standard InChI is InChI=1S/C16H10I2O8/c17-10-5-6(12(19)20)1-2-7(10)8-3-4-9(13(21)22)16(11(8)18,14(23)24)15(25)26/h1-5,11H,(H,19,20)(H,21,22)(H,23,24)(H,25,26). The number of carboxylic acids is 4. The molecule has 0 saturated carbocycles.